The van der Waals surface area contributed by atoms with E-state index in [4.69, 9.17) is 0 Å². The molecule has 0 spiro atoms. The minimum atomic E-state index is -0.658. The zero-order chi connectivity index (χ0) is 34.6. The molecule has 0 heterocycles. The lowest BCUT2D eigenvalue weighted by Crippen LogP contribution is -2.36. The normalized spacial score (nSPS) is 10.4. The quantitative estimate of drug-likeness (QED) is 0.0778. The summed E-state index contributed by atoms with van der Waals surface area (Å²) in [6.07, 6.45) is 1.40. The molecule has 0 aliphatic rings. The van der Waals surface area contributed by atoms with Gasteiger partial charge >= 0.3 is 11.9 Å². The van der Waals surface area contributed by atoms with Gasteiger partial charge in [-0.1, -0.05) is 12.1 Å². The maximum Gasteiger partial charge on any atom is 0.341 e. The molecule has 0 bridgehead atoms. The average Bonchev–Trinajstić information content (AvgIpc) is 3.05. The number of aromatic hydroxyl groups is 2. The first-order chi connectivity index (χ1) is 22.5. The van der Waals surface area contributed by atoms with Crippen molar-refractivity contribution in [2.75, 3.05) is 40.4 Å². The molecule has 256 valence electrons. The van der Waals surface area contributed by atoms with E-state index in [1.807, 2.05) is 0 Å². The second-order valence-electron chi connectivity index (χ2n) is 10.4. The first-order valence-electron chi connectivity index (χ1n) is 15.1. The second-order valence-corrected chi connectivity index (χ2v) is 10.4. The first kappa shape index (κ1) is 38.0. The van der Waals surface area contributed by atoms with E-state index in [1.165, 1.54) is 38.5 Å². The molecule has 15 nitrogen and oxygen atoms in total. The van der Waals surface area contributed by atoms with Gasteiger partial charge in [-0.15, -0.1) is 0 Å². The molecule has 2 rings (SSSR count). The monoisotopic (exact) mass is 657 g/mol. The van der Waals surface area contributed by atoms with Crippen LogP contribution in [-0.4, -0.2) is 86.2 Å². The Labute approximate surface area is 272 Å². The van der Waals surface area contributed by atoms with Crippen LogP contribution in [0.3, 0.4) is 0 Å². The zero-order valence-electron chi connectivity index (χ0n) is 26.6. The number of amides is 4. The van der Waals surface area contributed by atoms with Gasteiger partial charge in [0.15, 0.2) is 0 Å². The van der Waals surface area contributed by atoms with E-state index in [0.29, 0.717) is 50.1 Å². The van der Waals surface area contributed by atoms with Gasteiger partial charge in [0.2, 0.25) is 23.6 Å². The molecule has 0 saturated heterocycles. The van der Waals surface area contributed by atoms with Crippen LogP contribution in [0.2, 0.25) is 0 Å². The van der Waals surface area contributed by atoms with Crippen molar-refractivity contribution in [1.29, 1.82) is 0 Å². The smallest absolute Gasteiger partial charge is 0.341 e. The first-order valence-corrected chi connectivity index (χ1v) is 15.1. The molecule has 15 heteroatoms. The van der Waals surface area contributed by atoms with Crippen molar-refractivity contribution < 1.29 is 48.5 Å². The fourth-order valence-electron chi connectivity index (χ4n) is 4.22. The van der Waals surface area contributed by atoms with E-state index >= 15 is 0 Å². The van der Waals surface area contributed by atoms with Gasteiger partial charge in [-0.05, 0) is 48.2 Å². The van der Waals surface area contributed by atoms with Crippen molar-refractivity contribution in [1.82, 2.24) is 26.6 Å². The Morgan fingerprint density at radius 2 is 0.915 bits per heavy atom. The number of rotatable bonds is 20. The number of phenolic OH excluding ortho intramolecular Hbond substituents is 2. The molecule has 0 unspecified atom stereocenters. The third-order valence-corrected chi connectivity index (χ3v) is 6.78. The number of hydrogen-bond donors (Lipinski definition) is 7. The molecular weight excluding hydrogens is 614 g/mol. The summed E-state index contributed by atoms with van der Waals surface area (Å²) in [6, 6.07) is 8.78. The Balaban J connectivity index is 1.44. The predicted molar refractivity (Wildman–Crippen MR) is 169 cm³/mol. The summed E-state index contributed by atoms with van der Waals surface area (Å²) in [5.41, 5.74) is 1.28. The van der Waals surface area contributed by atoms with Crippen molar-refractivity contribution in [3.63, 3.8) is 0 Å². The zero-order valence-corrected chi connectivity index (χ0v) is 26.6. The lowest BCUT2D eigenvalue weighted by Gasteiger charge is -2.09. The third kappa shape index (κ3) is 14.6. The highest BCUT2D eigenvalue weighted by atomic mass is 16.5. The van der Waals surface area contributed by atoms with Crippen LogP contribution >= 0.6 is 0 Å². The minimum Gasteiger partial charge on any atom is -0.507 e. The maximum absolute atomic E-state index is 12.1. The van der Waals surface area contributed by atoms with Crippen LogP contribution in [0.1, 0.15) is 70.4 Å². The summed E-state index contributed by atoms with van der Waals surface area (Å²) in [4.78, 5) is 71.2. The second kappa shape index (κ2) is 20.8. The van der Waals surface area contributed by atoms with Gasteiger partial charge in [0, 0.05) is 65.0 Å². The van der Waals surface area contributed by atoms with Crippen LogP contribution in [0.4, 0.5) is 0 Å². The molecule has 0 saturated carbocycles. The Morgan fingerprint density at radius 3 is 1.26 bits per heavy atom. The van der Waals surface area contributed by atoms with Crippen molar-refractivity contribution in [2.45, 2.75) is 51.6 Å². The molecule has 2 aromatic carbocycles. The molecule has 7 N–H and O–H groups in total. The molecular formula is C32H43N5O10. The highest BCUT2D eigenvalue weighted by molar-refractivity contribution is 5.93. The number of carbonyl (C=O) groups excluding carboxylic acids is 6. The Hall–Kier alpha value is -5.18. The SMILES string of the molecule is COC(=O)c1ccc(CNC(=O)CCCC(=O)NCCNCCNC(=O)CCCC(=O)NCc2ccc(C(=O)OC)c(O)c2)cc1O. The largest absolute Gasteiger partial charge is 0.507 e. The number of benzene rings is 2. The molecule has 0 aliphatic heterocycles. The molecule has 2 aromatic rings. The fraction of sp³-hybridized carbons (Fsp3) is 0.438. The fourth-order valence-corrected chi connectivity index (χ4v) is 4.22. The molecule has 47 heavy (non-hydrogen) atoms. The molecule has 0 atom stereocenters. The van der Waals surface area contributed by atoms with Crippen LogP contribution in [0, 0.1) is 0 Å². The highest BCUT2D eigenvalue weighted by Crippen LogP contribution is 2.20. The highest BCUT2D eigenvalue weighted by Gasteiger charge is 2.14. The van der Waals surface area contributed by atoms with Crippen molar-refractivity contribution in [3.05, 3.63) is 58.7 Å². The summed E-state index contributed by atoms with van der Waals surface area (Å²) < 4.78 is 9.15. The lowest BCUT2D eigenvalue weighted by atomic mass is 10.1. The van der Waals surface area contributed by atoms with Crippen molar-refractivity contribution >= 4 is 35.6 Å². The van der Waals surface area contributed by atoms with E-state index in [1.54, 1.807) is 12.1 Å². The van der Waals surface area contributed by atoms with E-state index in [2.05, 4.69) is 36.1 Å². The summed E-state index contributed by atoms with van der Waals surface area (Å²) in [7, 11) is 2.43. The number of hydrogen-bond acceptors (Lipinski definition) is 11. The summed E-state index contributed by atoms with van der Waals surface area (Å²) in [5.74, 6) is -2.65. The third-order valence-electron chi connectivity index (χ3n) is 6.78. The van der Waals surface area contributed by atoms with Gasteiger partial charge in [-0.2, -0.15) is 0 Å². The van der Waals surface area contributed by atoms with Crippen molar-refractivity contribution in [3.8, 4) is 11.5 Å². The van der Waals surface area contributed by atoms with E-state index in [0.717, 1.165) is 0 Å². The van der Waals surface area contributed by atoms with Gasteiger partial charge in [0.1, 0.15) is 22.6 Å². The van der Waals surface area contributed by atoms with Crippen LogP contribution in [0.5, 0.6) is 11.5 Å². The molecule has 0 radical (unpaired) electrons. The molecule has 0 aromatic heterocycles. The number of esters is 2. The Morgan fingerprint density at radius 1 is 0.553 bits per heavy atom. The Bertz CT molecular complexity index is 1290. The van der Waals surface area contributed by atoms with Gasteiger partial charge in [0.25, 0.3) is 0 Å². The lowest BCUT2D eigenvalue weighted by molar-refractivity contribution is -0.124. The number of nitrogens with one attached hydrogen (secondary N) is 5. The number of methoxy groups -OCH3 is 2. The van der Waals surface area contributed by atoms with E-state index in [-0.39, 0.29) is 85.0 Å². The number of phenols is 2. The van der Waals surface area contributed by atoms with Crippen molar-refractivity contribution in [2.24, 2.45) is 0 Å². The molecule has 0 fully saturated rings. The Kier molecular flexibility index (Phi) is 16.8. The molecule has 4 amide bonds. The van der Waals surface area contributed by atoms with Gasteiger partial charge in [0.05, 0.1) is 14.2 Å². The predicted octanol–water partition coefficient (Wildman–Crippen LogP) is 0.766. The minimum absolute atomic E-state index is 0.0342. The summed E-state index contributed by atoms with van der Waals surface area (Å²) >= 11 is 0. The average molecular weight is 658 g/mol. The number of ether oxygens (including phenoxy) is 2. The standard InChI is InChI=1S/C32H43N5O10/c1-46-31(44)23-11-9-21(17-25(23)38)19-36-29(42)7-3-5-27(40)34-15-13-33-14-16-35-28(41)6-4-8-30(43)37-20-22-10-12-24(26(39)18-22)32(45)47-2/h9-12,17-18,33,38-39H,3-8,13-16,19-20H2,1-2H3,(H,34,40)(H,35,41)(H,36,42)(H,37,43). The maximum atomic E-state index is 12.1. The van der Waals surface area contributed by atoms with Crippen LogP contribution in [-0.2, 0) is 41.7 Å². The van der Waals surface area contributed by atoms with Gasteiger partial charge in [-0.25, -0.2) is 9.59 Å². The van der Waals surface area contributed by atoms with Gasteiger partial charge < -0.3 is 46.3 Å². The summed E-state index contributed by atoms with van der Waals surface area (Å²) in [6.45, 7) is 2.08. The van der Waals surface area contributed by atoms with Gasteiger partial charge in [-0.3, -0.25) is 19.2 Å². The molecule has 0 aliphatic carbocycles. The van der Waals surface area contributed by atoms with E-state index in [9.17, 15) is 39.0 Å². The number of carbonyl (C=O) groups is 6. The van der Waals surface area contributed by atoms with Crippen LogP contribution in [0.25, 0.3) is 0 Å². The topological polar surface area (TPSA) is 221 Å². The van der Waals surface area contributed by atoms with Crippen LogP contribution < -0.4 is 26.6 Å². The van der Waals surface area contributed by atoms with Crippen LogP contribution in [0.15, 0.2) is 36.4 Å². The van der Waals surface area contributed by atoms with E-state index < -0.39 is 11.9 Å². The summed E-state index contributed by atoms with van der Waals surface area (Å²) in [5, 5.41) is 33.9.